The van der Waals surface area contributed by atoms with E-state index in [0.29, 0.717) is 0 Å². The average Bonchev–Trinajstić information content (AvgIpc) is 2.16. The molecule has 0 aliphatic heterocycles. The molecule has 0 amide bonds. The van der Waals surface area contributed by atoms with Gasteiger partial charge in [-0.05, 0) is 19.4 Å². The van der Waals surface area contributed by atoms with Gasteiger partial charge in [-0.1, -0.05) is 25.8 Å². The van der Waals surface area contributed by atoms with Crippen LogP contribution in [0.25, 0.3) is 0 Å². The molecular weight excluding hydrogens is 162 g/mol. The van der Waals surface area contributed by atoms with Crippen molar-refractivity contribution >= 4 is 0 Å². The Hall–Kier alpha value is -0.890. The second kappa shape index (κ2) is 4.38. The Morgan fingerprint density at radius 3 is 2.85 bits per heavy atom. The maximum atomic E-state index is 10.1. The number of pyridine rings is 1. The summed E-state index contributed by atoms with van der Waals surface area (Å²) >= 11 is 0. The van der Waals surface area contributed by atoms with Crippen LogP contribution in [0, 0.1) is 0 Å². The standard InChI is InChI=1S/C11H17NO/c1-3-4-7-11(2,13)10-6-5-8-12-9-10/h5-6,8-9,13H,3-4,7H2,1-2H3. The highest BCUT2D eigenvalue weighted by Gasteiger charge is 2.21. The fraction of sp³-hybridized carbons (Fsp3) is 0.545. The zero-order chi connectivity index (χ0) is 9.73. The fourth-order valence-electron chi connectivity index (χ4n) is 1.35. The van der Waals surface area contributed by atoms with E-state index in [4.69, 9.17) is 0 Å². The van der Waals surface area contributed by atoms with Gasteiger partial charge in [-0.3, -0.25) is 4.98 Å². The van der Waals surface area contributed by atoms with Gasteiger partial charge in [0.15, 0.2) is 0 Å². The molecule has 0 spiro atoms. The first-order valence-electron chi connectivity index (χ1n) is 4.79. The summed E-state index contributed by atoms with van der Waals surface area (Å²) in [6.07, 6.45) is 6.41. The Morgan fingerprint density at radius 1 is 1.54 bits per heavy atom. The number of rotatable bonds is 4. The number of aliphatic hydroxyl groups is 1. The lowest BCUT2D eigenvalue weighted by atomic mass is 9.92. The number of hydrogen-bond donors (Lipinski definition) is 1. The lowest BCUT2D eigenvalue weighted by molar-refractivity contribution is 0.0450. The van der Waals surface area contributed by atoms with Crippen LogP contribution in [0.5, 0.6) is 0 Å². The van der Waals surface area contributed by atoms with Crippen LogP contribution in [0.3, 0.4) is 0 Å². The van der Waals surface area contributed by atoms with Crippen molar-refractivity contribution in [2.75, 3.05) is 0 Å². The van der Waals surface area contributed by atoms with Gasteiger partial charge >= 0.3 is 0 Å². The molecule has 1 aromatic rings. The van der Waals surface area contributed by atoms with E-state index in [1.54, 1.807) is 12.4 Å². The molecule has 0 saturated carbocycles. The zero-order valence-corrected chi connectivity index (χ0v) is 8.33. The Bertz CT molecular complexity index is 244. The van der Waals surface area contributed by atoms with Crippen LogP contribution in [0.15, 0.2) is 24.5 Å². The van der Waals surface area contributed by atoms with E-state index in [2.05, 4.69) is 11.9 Å². The second-order valence-corrected chi connectivity index (χ2v) is 3.62. The molecule has 0 radical (unpaired) electrons. The fourth-order valence-corrected chi connectivity index (χ4v) is 1.35. The van der Waals surface area contributed by atoms with E-state index >= 15 is 0 Å². The molecule has 0 fully saturated rings. The van der Waals surface area contributed by atoms with E-state index in [1.807, 2.05) is 19.1 Å². The van der Waals surface area contributed by atoms with Crippen LogP contribution in [-0.4, -0.2) is 10.1 Å². The molecule has 72 valence electrons. The van der Waals surface area contributed by atoms with E-state index in [0.717, 1.165) is 24.8 Å². The minimum absolute atomic E-state index is 0.718. The highest BCUT2D eigenvalue weighted by atomic mass is 16.3. The third-order valence-corrected chi connectivity index (χ3v) is 2.30. The van der Waals surface area contributed by atoms with E-state index in [9.17, 15) is 5.11 Å². The van der Waals surface area contributed by atoms with Crippen LogP contribution >= 0.6 is 0 Å². The summed E-state index contributed by atoms with van der Waals surface area (Å²) < 4.78 is 0. The second-order valence-electron chi connectivity index (χ2n) is 3.62. The molecule has 1 atom stereocenters. The molecule has 1 N–H and O–H groups in total. The van der Waals surface area contributed by atoms with Gasteiger partial charge in [0.1, 0.15) is 0 Å². The van der Waals surface area contributed by atoms with Crippen molar-refractivity contribution < 1.29 is 5.11 Å². The summed E-state index contributed by atoms with van der Waals surface area (Å²) in [5.41, 5.74) is 0.188. The largest absolute Gasteiger partial charge is 0.385 e. The quantitative estimate of drug-likeness (QED) is 0.770. The Kier molecular flexibility index (Phi) is 3.43. The first-order chi connectivity index (χ1) is 6.17. The SMILES string of the molecule is CCCCC(C)(O)c1cccnc1. The van der Waals surface area contributed by atoms with Crippen molar-refractivity contribution in [3.05, 3.63) is 30.1 Å². The van der Waals surface area contributed by atoms with Crippen LogP contribution in [0.1, 0.15) is 38.7 Å². The summed E-state index contributed by atoms with van der Waals surface area (Å²) in [6, 6.07) is 3.78. The normalized spacial score (nSPS) is 15.3. The number of unbranched alkanes of at least 4 members (excludes halogenated alkanes) is 1. The van der Waals surface area contributed by atoms with Crippen molar-refractivity contribution in [2.24, 2.45) is 0 Å². The summed E-state index contributed by atoms with van der Waals surface area (Å²) in [6.45, 7) is 3.97. The molecule has 0 bridgehead atoms. The van der Waals surface area contributed by atoms with Gasteiger partial charge in [0.25, 0.3) is 0 Å². The van der Waals surface area contributed by atoms with E-state index in [1.165, 1.54) is 0 Å². The van der Waals surface area contributed by atoms with Gasteiger partial charge in [0, 0.05) is 18.0 Å². The molecule has 0 saturated heterocycles. The lowest BCUT2D eigenvalue weighted by Crippen LogP contribution is -2.20. The van der Waals surface area contributed by atoms with E-state index < -0.39 is 5.60 Å². The van der Waals surface area contributed by atoms with Gasteiger partial charge in [0.05, 0.1) is 5.60 Å². The molecule has 0 aliphatic rings. The molecular formula is C11H17NO. The summed E-state index contributed by atoms with van der Waals surface area (Å²) in [7, 11) is 0. The van der Waals surface area contributed by atoms with Crippen molar-refractivity contribution in [1.29, 1.82) is 0 Å². The molecule has 13 heavy (non-hydrogen) atoms. The van der Waals surface area contributed by atoms with Gasteiger partial charge in [0.2, 0.25) is 0 Å². The third kappa shape index (κ3) is 2.81. The number of hydrogen-bond acceptors (Lipinski definition) is 2. The molecule has 0 aromatic carbocycles. The van der Waals surface area contributed by atoms with Crippen molar-refractivity contribution in [2.45, 2.75) is 38.7 Å². The highest BCUT2D eigenvalue weighted by molar-refractivity contribution is 5.16. The van der Waals surface area contributed by atoms with Gasteiger partial charge < -0.3 is 5.11 Å². The average molecular weight is 179 g/mol. The predicted octanol–water partition coefficient (Wildman–Crippen LogP) is 2.48. The van der Waals surface area contributed by atoms with E-state index in [-0.39, 0.29) is 0 Å². The van der Waals surface area contributed by atoms with Crippen LogP contribution in [0.4, 0.5) is 0 Å². The molecule has 2 heteroatoms. The molecule has 1 unspecified atom stereocenters. The first kappa shape index (κ1) is 10.2. The van der Waals surface area contributed by atoms with Crippen LogP contribution in [-0.2, 0) is 5.60 Å². The molecule has 1 aromatic heterocycles. The zero-order valence-electron chi connectivity index (χ0n) is 8.33. The Morgan fingerprint density at radius 2 is 2.31 bits per heavy atom. The summed E-state index contributed by atoms with van der Waals surface area (Å²) in [4.78, 5) is 4.00. The summed E-state index contributed by atoms with van der Waals surface area (Å²) in [5, 5.41) is 10.1. The summed E-state index contributed by atoms with van der Waals surface area (Å²) in [5.74, 6) is 0. The van der Waals surface area contributed by atoms with Gasteiger partial charge in [-0.2, -0.15) is 0 Å². The predicted molar refractivity (Wildman–Crippen MR) is 53.3 cm³/mol. The molecule has 0 aliphatic carbocycles. The van der Waals surface area contributed by atoms with Crippen molar-refractivity contribution in [3.8, 4) is 0 Å². The Labute approximate surface area is 79.6 Å². The topological polar surface area (TPSA) is 33.1 Å². The minimum Gasteiger partial charge on any atom is -0.385 e. The maximum Gasteiger partial charge on any atom is 0.0883 e. The molecule has 2 nitrogen and oxygen atoms in total. The first-order valence-corrected chi connectivity index (χ1v) is 4.79. The van der Waals surface area contributed by atoms with Gasteiger partial charge in [-0.15, -0.1) is 0 Å². The number of nitrogens with zero attached hydrogens (tertiary/aromatic N) is 1. The number of aromatic nitrogens is 1. The monoisotopic (exact) mass is 179 g/mol. The van der Waals surface area contributed by atoms with Crippen LogP contribution in [0.2, 0.25) is 0 Å². The molecule has 1 heterocycles. The third-order valence-electron chi connectivity index (χ3n) is 2.30. The Balaban J connectivity index is 2.69. The van der Waals surface area contributed by atoms with Crippen molar-refractivity contribution in [3.63, 3.8) is 0 Å². The lowest BCUT2D eigenvalue weighted by Gasteiger charge is -2.22. The highest BCUT2D eigenvalue weighted by Crippen LogP contribution is 2.25. The van der Waals surface area contributed by atoms with Crippen molar-refractivity contribution in [1.82, 2.24) is 4.98 Å². The molecule has 1 rings (SSSR count). The van der Waals surface area contributed by atoms with Crippen LogP contribution < -0.4 is 0 Å². The van der Waals surface area contributed by atoms with Gasteiger partial charge in [-0.25, -0.2) is 0 Å². The minimum atomic E-state index is -0.718. The smallest absolute Gasteiger partial charge is 0.0883 e. The maximum absolute atomic E-state index is 10.1.